The number of aromatic nitrogens is 1. The molecule has 0 aliphatic rings. The summed E-state index contributed by atoms with van der Waals surface area (Å²) in [6.45, 7) is 11.5. The zero-order valence-corrected chi connectivity index (χ0v) is 17.9. The minimum atomic E-state index is -0.255. The van der Waals surface area contributed by atoms with Crippen LogP contribution in [0.4, 0.5) is 11.4 Å². The fourth-order valence-corrected chi connectivity index (χ4v) is 3.25. The fraction of sp³-hybridized carbons (Fsp3) is 0.435. The van der Waals surface area contributed by atoms with Crippen LogP contribution in [0.1, 0.15) is 61.4 Å². The molecule has 2 amide bonds. The molecule has 1 heterocycles. The molecule has 0 aliphatic carbocycles. The summed E-state index contributed by atoms with van der Waals surface area (Å²) in [7, 11) is 0. The first-order valence-corrected chi connectivity index (χ1v) is 10.5. The van der Waals surface area contributed by atoms with E-state index in [0.717, 1.165) is 31.6 Å². The van der Waals surface area contributed by atoms with Gasteiger partial charge in [-0.05, 0) is 63.1 Å². The second-order valence-electron chi connectivity index (χ2n) is 6.90. The van der Waals surface area contributed by atoms with Crippen molar-refractivity contribution in [1.29, 1.82) is 0 Å². The zero-order chi connectivity index (χ0) is 21.2. The molecule has 1 aromatic carbocycles. The highest BCUT2D eigenvalue weighted by molar-refractivity contribution is 6.05. The van der Waals surface area contributed by atoms with Gasteiger partial charge in [0.15, 0.2) is 0 Å². The van der Waals surface area contributed by atoms with Crippen molar-refractivity contribution in [2.45, 2.75) is 40.5 Å². The molecular weight excluding hydrogens is 364 g/mol. The van der Waals surface area contributed by atoms with Gasteiger partial charge in [-0.25, -0.2) is 0 Å². The SMILES string of the molecule is CCCN(CCC)C(=O)c1cc(C(=O)Nc2ccc(N(CC)CC)cc2)ccn1. The molecule has 0 unspecified atom stereocenters. The minimum Gasteiger partial charge on any atom is -0.372 e. The lowest BCUT2D eigenvalue weighted by Gasteiger charge is -2.21. The van der Waals surface area contributed by atoms with Gasteiger partial charge in [-0.2, -0.15) is 0 Å². The number of hydrogen-bond acceptors (Lipinski definition) is 4. The van der Waals surface area contributed by atoms with Crippen LogP contribution >= 0.6 is 0 Å². The van der Waals surface area contributed by atoms with Crippen LogP contribution in [0.15, 0.2) is 42.6 Å². The van der Waals surface area contributed by atoms with Crippen molar-refractivity contribution < 1.29 is 9.59 Å². The smallest absolute Gasteiger partial charge is 0.272 e. The molecule has 2 rings (SSSR count). The maximum absolute atomic E-state index is 12.7. The summed E-state index contributed by atoms with van der Waals surface area (Å²) in [5, 5.41) is 2.90. The van der Waals surface area contributed by atoms with Crippen molar-refractivity contribution in [3.63, 3.8) is 0 Å². The Morgan fingerprint density at radius 1 is 0.931 bits per heavy atom. The van der Waals surface area contributed by atoms with Crippen molar-refractivity contribution in [3.8, 4) is 0 Å². The quantitative estimate of drug-likeness (QED) is 0.645. The number of nitrogens with zero attached hydrogens (tertiary/aromatic N) is 3. The van der Waals surface area contributed by atoms with Crippen LogP contribution in [0.5, 0.6) is 0 Å². The molecule has 1 aromatic heterocycles. The summed E-state index contributed by atoms with van der Waals surface area (Å²) < 4.78 is 0. The van der Waals surface area contributed by atoms with Crippen LogP contribution in [0.25, 0.3) is 0 Å². The van der Waals surface area contributed by atoms with E-state index in [1.807, 2.05) is 38.1 Å². The van der Waals surface area contributed by atoms with Crippen molar-refractivity contribution in [1.82, 2.24) is 9.88 Å². The van der Waals surface area contributed by atoms with Crippen LogP contribution in [-0.4, -0.2) is 47.9 Å². The average molecular weight is 397 g/mol. The molecular formula is C23H32N4O2. The van der Waals surface area contributed by atoms with Crippen molar-refractivity contribution >= 4 is 23.2 Å². The van der Waals surface area contributed by atoms with E-state index in [4.69, 9.17) is 0 Å². The summed E-state index contributed by atoms with van der Waals surface area (Å²) in [4.78, 5) is 33.6. The Morgan fingerprint density at radius 2 is 1.55 bits per heavy atom. The summed E-state index contributed by atoms with van der Waals surface area (Å²) >= 11 is 0. The number of carbonyl (C=O) groups is 2. The lowest BCUT2D eigenvalue weighted by Crippen LogP contribution is -2.33. The number of rotatable bonds is 10. The Labute approximate surface area is 173 Å². The third-order valence-electron chi connectivity index (χ3n) is 4.77. The Balaban J connectivity index is 2.11. The van der Waals surface area contributed by atoms with Crippen LogP contribution in [0.2, 0.25) is 0 Å². The van der Waals surface area contributed by atoms with Crippen molar-refractivity contribution in [3.05, 3.63) is 53.9 Å². The van der Waals surface area contributed by atoms with E-state index in [1.165, 1.54) is 6.20 Å². The van der Waals surface area contributed by atoms with E-state index >= 15 is 0 Å². The molecule has 0 bridgehead atoms. The van der Waals surface area contributed by atoms with Crippen molar-refractivity contribution in [2.24, 2.45) is 0 Å². The molecule has 0 saturated heterocycles. The molecule has 156 valence electrons. The number of hydrogen-bond donors (Lipinski definition) is 1. The number of nitrogens with one attached hydrogen (secondary N) is 1. The highest BCUT2D eigenvalue weighted by atomic mass is 16.2. The molecule has 6 heteroatoms. The molecule has 0 radical (unpaired) electrons. The van der Waals surface area contributed by atoms with Gasteiger partial charge in [-0.15, -0.1) is 0 Å². The maximum Gasteiger partial charge on any atom is 0.272 e. The molecule has 1 N–H and O–H groups in total. The maximum atomic E-state index is 12.7. The molecule has 0 saturated carbocycles. The molecule has 6 nitrogen and oxygen atoms in total. The fourth-order valence-electron chi connectivity index (χ4n) is 3.25. The average Bonchev–Trinajstić information content (AvgIpc) is 2.75. The Bertz CT molecular complexity index is 795. The monoisotopic (exact) mass is 396 g/mol. The third kappa shape index (κ3) is 6.04. The summed E-state index contributed by atoms with van der Waals surface area (Å²) in [5.74, 6) is -0.388. The highest BCUT2D eigenvalue weighted by Crippen LogP contribution is 2.18. The summed E-state index contributed by atoms with van der Waals surface area (Å²) in [6, 6.07) is 11.0. The first-order valence-electron chi connectivity index (χ1n) is 10.5. The largest absolute Gasteiger partial charge is 0.372 e. The van der Waals surface area contributed by atoms with E-state index in [-0.39, 0.29) is 11.8 Å². The van der Waals surface area contributed by atoms with E-state index in [2.05, 4.69) is 29.0 Å². The van der Waals surface area contributed by atoms with E-state index in [1.54, 1.807) is 17.0 Å². The molecule has 0 spiro atoms. The van der Waals surface area contributed by atoms with Gasteiger partial charge >= 0.3 is 0 Å². The van der Waals surface area contributed by atoms with Gasteiger partial charge in [0, 0.05) is 49.3 Å². The van der Waals surface area contributed by atoms with Crippen LogP contribution in [0.3, 0.4) is 0 Å². The van der Waals surface area contributed by atoms with Crippen LogP contribution in [-0.2, 0) is 0 Å². The number of carbonyl (C=O) groups excluding carboxylic acids is 2. The number of anilines is 2. The van der Waals surface area contributed by atoms with Gasteiger partial charge < -0.3 is 15.1 Å². The van der Waals surface area contributed by atoms with Gasteiger partial charge in [0.2, 0.25) is 0 Å². The van der Waals surface area contributed by atoms with Crippen LogP contribution < -0.4 is 10.2 Å². The molecule has 2 aromatic rings. The molecule has 0 aliphatic heterocycles. The summed E-state index contributed by atoms with van der Waals surface area (Å²) in [6.07, 6.45) is 3.28. The second-order valence-corrected chi connectivity index (χ2v) is 6.90. The lowest BCUT2D eigenvalue weighted by molar-refractivity contribution is 0.0749. The molecule has 29 heavy (non-hydrogen) atoms. The Kier molecular flexibility index (Phi) is 8.65. The van der Waals surface area contributed by atoms with Crippen LogP contribution in [0, 0.1) is 0 Å². The zero-order valence-electron chi connectivity index (χ0n) is 17.9. The normalized spacial score (nSPS) is 10.5. The van der Waals surface area contributed by atoms with E-state index in [0.29, 0.717) is 30.0 Å². The number of amides is 2. The lowest BCUT2D eigenvalue weighted by atomic mass is 10.2. The first-order chi connectivity index (χ1) is 14.0. The van der Waals surface area contributed by atoms with Crippen molar-refractivity contribution in [2.75, 3.05) is 36.4 Å². The van der Waals surface area contributed by atoms with Gasteiger partial charge in [0.25, 0.3) is 11.8 Å². The molecule has 0 fully saturated rings. The predicted molar refractivity (Wildman–Crippen MR) is 119 cm³/mol. The first kappa shape index (κ1) is 22.4. The summed E-state index contributed by atoms with van der Waals surface area (Å²) in [5.41, 5.74) is 2.56. The van der Waals surface area contributed by atoms with Gasteiger partial charge in [-0.1, -0.05) is 13.8 Å². The topological polar surface area (TPSA) is 65.5 Å². The standard InChI is InChI=1S/C23H32N4O2/c1-5-15-27(16-6-2)23(29)21-17-18(13-14-24-21)22(28)25-19-9-11-20(12-10-19)26(7-3)8-4/h9-14,17H,5-8,15-16H2,1-4H3,(H,25,28). The minimum absolute atomic E-state index is 0.132. The molecule has 0 atom stereocenters. The number of pyridine rings is 1. The third-order valence-corrected chi connectivity index (χ3v) is 4.77. The van der Waals surface area contributed by atoms with E-state index in [9.17, 15) is 9.59 Å². The van der Waals surface area contributed by atoms with E-state index < -0.39 is 0 Å². The van der Waals surface area contributed by atoms with Gasteiger partial charge in [0.1, 0.15) is 5.69 Å². The second kappa shape index (κ2) is 11.2. The van der Waals surface area contributed by atoms with Gasteiger partial charge in [-0.3, -0.25) is 14.6 Å². The van der Waals surface area contributed by atoms with Gasteiger partial charge in [0.05, 0.1) is 0 Å². The number of benzene rings is 1. The highest BCUT2D eigenvalue weighted by Gasteiger charge is 2.17. The predicted octanol–water partition coefficient (Wildman–Crippen LogP) is 4.44. The Morgan fingerprint density at radius 3 is 2.10 bits per heavy atom. The Hall–Kier alpha value is -2.89.